The molecule has 2 rings (SSSR count). The van der Waals surface area contributed by atoms with Gasteiger partial charge in [-0.3, -0.25) is 4.98 Å². The fourth-order valence-electron chi connectivity index (χ4n) is 2.24. The van der Waals surface area contributed by atoms with Crippen molar-refractivity contribution in [3.8, 4) is 5.82 Å². The SMILES string of the molecule is CCNCc1cncc(-n2nc(C)c(CC)c2C)n1. The van der Waals surface area contributed by atoms with Crippen LogP contribution in [0.1, 0.15) is 36.5 Å². The van der Waals surface area contributed by atoms with Crippen LogP contribution in [0.5, 0.6) is 0 Å². The molecule has 0 atom stereocenters. The molecule has 5 heteroatoms. The minimum absolute atomic E-state index is 0.733. The van der Waals surface area contributed by atoms with Crippen molar-refractivity contribution in [2.75, 3.05) is 6.54 Å². The lowest BCUT2D eigenvalue weighted by atomic mass is 10.1. The normalized spacial score (nSPS) is 10.9. The van der Waals surface area contributed by atoms with E-state index in [0.29, 0.717) is 0 Å². The Bertz CT molecular complexity index is 559. The maximum atomic E-state index is 4.61. The third kappa shape index (κ3) is 2.81. The van der Waals surface area contributed by atoms with Gasteiger partial charge in [0.2, 0.25) is 0 Å². The molecule has 0 spiro atoms. The van der Waals surface area contributed by atoms with Crippen molar-refractivity contribution in [2.45, 2.75) is 40.7 Å². The predicted molar refractivity (Wildman–Crippen MR) is 75.4 cm³/mol. The second kappa shape index (κ2) is 5.93. The molecule has 0 aliphatic carbocycles. The Labute approximate surface area is 114 Å². The molecule has 2 aromatic heterocycles. The number of rotatable bonds is 5. The molecule has 0 saturated carbocycles. The van der Waals surface area contributed by atoms with E-state index in [2.05, 4.69) is 41.2 Å². The highest BCUT2D eigenvalue weighted by molar-refractivity contribution is 5.31. The predicted octanol–water partition coefficient (Wildman–Crippen LogP) is 1.95. The van der Waals surface area contributed by atoms with E-state index in [-0.39, 0.29) is 0 Å². The van der Waals surface area contributed by atoms with Crippen molar-refractivity contribution < 1.29 is 0 Å². The van der Waals surface area contributed by atoms with Crippen LogP contribution in [0.2, 0.25) is 0 Å². The van der Waals surface area contributed by atoms with E-state index in [1.807, 2.05) is 11.6 Å². The van der Waals surface area contributed by atoms with Crippen LogP contribution in [0, 0.1) is 13.8 Å². The van der Waals surface area contributed by atoms with E-state index in [1.54, 1.807) is 12.4 Å². The van der Waals surface area contributed by atoms with E-state index < -0.39 is 0 Å². The van der Waals surface area contributed by atoms with Gasteiger partial charge in [0.05, 0.1) is 17.6 Å². The van der Waals surface area contributed by atoms with Crippen molar-refractivity contribution in [1.29, 1.82) is 0 Å². The number of nitrogens with zero attached hydrogens (tertiary/aromatic N) is 4. The second-order valence-electron chi connectivity index (χ2n) is 4.56. The van der Waals surface area contributed by atoms with Crippen LogP contribution in [0.3, 0.4) is 0 Å². The summed E-state index contributed by atoms with van der Waals surface area (Å²) in [7, 11) is 0. The molecule has 0 aromatic carbocycles. The molecular formula is C14H21N5. The summed E-state index contributed by atoms with van der Waals surface area (Å²) in [6.45, 7) is 10.00. The topological polar surface area (TPSA) is 55.6 Å². The molecule has 0 amide bonds. The van der Waals surface area contributed by atoms with Crippen molar-refractivity contribution >= 4 is 0 Å². The molecular weight excluding hydrogens is 238 g/mol. The molecule has 0 aliphatic heterocycles. The standard InChI is InChI=1S/C14H21N5/c1-5-13-10(3)18-19(11(13)4)14-9-16-8-12(17-14)7-15-6-2/h8-9,15H,5-7H2,1-4H3. The molecule has 0 radical (unpaired) electrons. The van der Waals surface area contributed by atoms with Gasteiger partial charge >= 0.3 is 0 Å². The van der Waals surface area contributed by atoms with Crippen LogP contribution in [0.15, 0.2) is 12.4 Å². The summed E-state index contributed by atoms with van der Waals surface area (Å²) in [5.41, 5.74) is 4.44. The Morgan fingerprint density at radius 3 is 2.63 bits per heavy atom. The Hall–Kier alpha value is -1.75. The first-order valence-corrected chi connectivity index (χ1v) is 6.74. The van der Waals surface area contributed by atoms with Crippen LogP contribution in [-0.4, -0.2) is 26.3 Å². The monoisotopic (exact) mass is 259 g/mol. The summed E-state index contributed by atoms with van der Waals surface area (Å²) >= 11 is 0. The summed E-state index contributed by atoms with van der Waals surface area (Å²) in [5.74, 6) is 0.788. The van der Waals surface area contributed by atoms with Gasteiger partial charge < -0.3 is 5.32 Å². The Kier molecular flexibility index (Phi) is 4.27. The van der Waals surface area contributed by atoms with Crippen LogP contribution < -0.4 is 5.32 Å². The summed E-state index contributed by atoms with van der Waals surface area (Å²) in [6.07, 6.45) is 4.54. The van der Waals surface area contributed by atoms with E-state index in [1.165, 1.54) is 5.56 Å². The first-order valence-electron chi connectivity index (χ1n) is 6.74. The molecule has 2 heterocycles. The van der Waals surface area contributed by atoms with Gasteiger partial charge in [0.25, 0.3) is 0 Å². The Morgan fingerprint density at radius 1 is 1.21 bits per heavy atom. The molecule has 0 unspecified atom stereocenters. The largest absolute Gasteiger partial charge is 0.311 e. The number of aromatic nitrogens is 4. The maximum absolute atomic E-state index is 4.61. The summed E-state index contributed by atoms with van der Waals surface area (Å²) in [4.78, 5) is 8.86. The van der Waals surface area contributed by atoms with E-state index in [9.17, 15) is 0 Å². The zero-order valence-electron chi connectivity index (χ0n) is 12.1. The number of aryl methyl sites for hydroxylation is 1. The fraction of sp³-hybridized carbons (Fsp3) is 0.500. The van der Waals surface area contributed by atoms with Crippen molar-refractivity contribution in [1.82, 2.24) is 25.1 Å². The van der Waals surface area contributed by atoms with E-state index in [4.69, 9.17) is 0 Å². The molecule has 2 aromatic rings. The van der Waals surface area contributed by atoms with Gasteiger partial charge in [0.1, 0.15) is 0 Å². The average Bonchev–Trinajstić information content (AvgIpc) is 2.71. The molecule has 1 N–H and O–H groups in total. The highest BCUT2D eigenvalue weighted by atomic mass is 15.3. The molecule has 19 heavy (non-hydrogen) atoms. The first kappa shape index (κ1) is 13.7. The first-order chi connectivity index (χ1) is 9.17. The number of hydrogen-bond acceptors (Lipinski definition) is 4. The van der Waals surface area contributed by atoms with Gasteiger partial charge in [-0.15, -0.1) is 0 Å². The minimum atomic E-state index is 0.733. The van der Waals surface area contributed by atoms with Crippen molar-refractivity contribution in [3.05, 3.63) is 35.0 Å². The molecule has 0 saturated heterocycles. The summed E-state index contributed by atoms with van der Waals surface area (Å²) in [5, 5.41) is 7.82. The van der Waals surface area contributed by atoms with Crippen molar-refractivity contribution in [3.63, 3.8) is 0 Å². The lowest BCUT2D eigenvalue weighted by Gasteiger charge is -2.06. The van der Waals surface area contributed by atoms with Gasteiger partial charge in [-0.1, -0.05) is 13.8 Å². The number of hydrogen-bond donors (Lipinski definition) is 1. The molecule has 0 aliphatic rings. The lowest BCUT2D eigenvalue weighted by molar-refractivity contribution is 0.696. The second-order valence-corrected chi connectivity index (χ2v) is 4.56. The van der Waals surface area contributed by atoms with Gasteiger partial charge in [-0.05, 0) is 32.4 Å². The van der Waals surface area contributed by atoms with Gasteiger partial charge in [0.15, 0.2) is 5.82 Å². The maximum Gasteiger partial charge on any atom is 0.172 e. The van der Waals surface area contributed by atoms with Gasteiger partial charge in [-0.25, -0.2) is 9.67 Å². The van der Waals surface area contributed by atoms with Crippen LogP contribution in [-0.2, 0) is 13.0 Å². The molecule has 5 nitrogen and oxygen atoms in total. The molecule has 102 valence electrons. The minimum Gasteiger partial charge on any atom is -0.311 e. The zero-order valence-corrected chi connectivity index (χ0v) is 12.1. The smallest absolute Gasteiger partial charge is 0.172 e. The molecule has 0 fully saturated rings. The van der Waals surface area contributed by atoms with Crippen LogP contribution >= 0.6 is 0 Å². The van der Waals surface area contributed by atoms with Crippen LogP contribution in [0.25, 0.3) is 5.82 Å². The Balaban J connectivity index is 2.36. The Morgan fingerprint density at radius 2 is 2.00 bits per heavy atom. The van der Waals surface area contributed by atoms with Gasteiger partial charge in [0, 0.05) is 18.4 Å². The van der Waals surface area contributed by atoms with Crippen LogP contribution in [0.4, 0.5) is 0 Å². The zero-order chi connectivity index (χ0) is 13.8. The van der Waals surface area contributed by atoms with E-state index >= 15 is 0 Å². The lowest BCUT2D eigenvalue weighted by Crippen LogP contribution is -2.14. The highest BCUT2D eigenvalue weighted by Gasteiger charge is 2.12. The third-order valence-corrected chi connectivity index (χ3v) is 3.24. The fourth-order valence-corrected chi connectivity index (χ4v) is 2.24. The van der Waals surface area contributed by atoms with Gasteiger partial charge in [-0.2, -0.15) is 5.10 Å². The highest BCUT2D eigenvalue weighted by Crippen LogP contribution is 2.16. The third-order valence-electron chi connectivity index (χ3n) is 3.24. The number of nitrogens with one attached hydrogen (secondary N) is 1. The summed E-state index contributed by atoms with van der Waals surface area (Å²) in [6, 6.07) is 0. The van der Waals surface area contributed by atoms with Crippen molar-refractivity contribution in [2.24, 2.45) is 0 Å². The average molecular weight is 259 g/mol. The quantitative estimate of drug-likeness (QED) is 0.891. The molecule has 0 bridgehead atoms. The summed E-state index contributed by atoms with van der Waals surface area (Å²) < 4.78 is 1.89. The van der Waals surface area contributed by atoms with E-state index in [0.717, 1.165) is 42.4 Å².